The van der Waals surface area contributed by atoms with Crippen LogP contribution < -0.4 is 0 Å². The van der Waals surface area contributed by atoms with Gasteiger partial charge < -0.3 is 9.09 Å². The Bertz CT molecular complexity index is 689. The van der Waals surface area contributed by atoms with Crippen molar-refractivity contribution in [3.63, 3.8) is 0 Å². The molecule has 0 unspecified atom stereocenters. The van der Waals surface area contributed by atoms with E-state index < -0.39 is 0 Å². The van der Waals surface area contributed by atoms with E-state index in [1.165, 1.54) is 0 Å². The van der Waals surface area contributed by atoms with Crippen molar-refractivity contribution >= 4 is 0 Å². The monoisotopic (exact) mass is 283 g/mol. The maximum Gasteiger partial charge on any atom is 0.226 e. The highest BCUT2D eigenvalue weighted by atomic mass is 16.5. The van der Waals surface area contributed by atoms with Crippen molar-refractivity contribution in [3.05, 3.63) is 48.6 Å². The third-order valence-corrected chi connectivity index (χ3v) is 3.22. The molecule has 21 heavy (non-hydrogen) atoms. The predicted octanol–water partition coefficient (Wildman–Crippen LogP) is 2.72. The molecule has 6 nitrogen and oxygen atoms in total. The van der Waals surface area contributed by atoms with E-state index in [1.807, 2.05) is 22.9 Å². The smallest absolute Gasteiger partial charge is 0.226 e. The van der Waals surface area contributed by atoms with Gasteiger partial charge in [-0.05, 0) is 18.6 Å². The van der Waals surface area contributed by atoms with Crippen molar-refractivity contribution in [2.24, 2.45) is 0 Å². The molecule has 108 valence electrons. The SMILES string of the molecule is CCCCc1nc(Cn2ccnc2-c2ccncc2)no1. The van der Waals surface area contributed by atoms with Crippen LogP contribution in [0.4, 0.5) is 0 Å². The number of hydrogen-bond donors (Lipinski definition) is 0. The molecule has 0 fully saturated rings. The molecule has 0 bridgehead atoms. The number of aromatic nitrogens is 5. The first-order valence-electron chi connectivity index (χ1n) is 7.10. The second-order valence-corrected chi connectivity index (χ2v) is 4.82. The van der Waals surface area contributed by atoms with Crippen LogP contribution >= 0.6 is 0 Å². The zero-order valence-electron chi connectivity index (χ0n) is 11.9. The molecule has 3 heterocycles. The number of unbranched alkanes of at least 4 members (excludes halogenated alkanes) is 1. The fraction of sp³-hybridized carbons (Fsp3) is 0.333. The first kappa shape index (κ1) is 13.5. The van der Waals surface area contributed by atoms with Gasteiger partial charge in [-0.15, -0.1) is 0 Å². The van der Waals surface area contributed by atoms with Gasteiger partial charge in [0.05, 0.1) is 6.54 Å². The van der Waals surface area contributed by atoms with Gasteiger partial charge in [-0.25, -0.2) is 4.98 Å². The Balaban J connectivity index is 1.77. The van der Waals surface area contributed by atoms with Crippen LogP contribution in [0.15, 0.2) is 41.4 Å². The van der Waals surface area contributed by atoms with E-state index in [0.29, 0.717) is 18.3 Å². The molecule has 0 aliphatic carbocycles. The quantitative estimate of drug-likeness (QED) is 0.695. The largest absolute Gasteiger partial charge is 0.339 e. The van der Waals surface area contributed by atoms with Crippen molar-refractivity contribution in [1.82, 2.24) is 24.7 Å². The van der Waals surface area contributed by atoms with E-state index in [4.69, 9.17) is 4.52 Å². The van der Waals surface area contributed by atoms with Gasteiger partial charge in [0.15, 0.2) is 5.82 Å². The summed E-state index contributed by atoms with van der Waals surface area (Å²) in [5.41, 5.74) is 1.02. The molecular formula is C15H17N5O. The van der Waals surface area contributed by atoms with Crippen LogP contribution in [0, 0.1) is 0 Å². The number of hydrogen-bond acceptors (Lipinski definition) is 5. The molecule has 0 N–H and O–H groups in total. The number of aryl methyl sites for hydroxylation is 1. The maximum atomic E-state index is 5.26. The highest BCUT2D eigenvalue weighted by molar-refractivity contribution is 5.54. The lowest BCUT2D eigenvalue weighted by molar-refractivity contribution is 0.369. The molecule has 3 aromatic rings. The molecular weight excluding hydrogens is 266 g/mol. The second-order valence-electron chi connectivity index (χ2n) is 4.82. The number of pyridine rings is 1. The van der Waals surface area contributed by atoms with Crippen molar-refractivity contribution < 1.29 is 4.52 Å². The first-order valence-corrected chi connectivity index (χ1v) is 7.10. The molecule has 0 aliphatic rings. The lowest BCUT2D eigenvalue weighted by atomic mass is 10.2. The minimum absolute atomic E-state index is 0.549. The predicted molar refractivity (Wildman–Crippen MR) is 77.5 cm³/mol. The zero-order chi connectivity index (χ0) is 14.5. The van der Waals surface area contributed by atoms with Gasteiger partial charge in [0.25, 0.3) is 0 Å². The van der Waals surface area contributed by atoms with Crippen LogP contribution in [-0.2, 0) is 13.0 Å². The Morgan fingerprint density at radius 1 is 1.19 bits per heavy atom. The van der Waals surface area contributed by atoms with Gasteiger partial charge >= 0.3 is 0 Å². The third-order valence-electron chi connectivity index (χ3n) is 3.22. The summed E-state index contributed by atoms with van der Waals surface area (Å²) in [7, 11) is 0. The van der Waals surface area contributed by atoms with Crippen LogP contribution in [-0.4, -0.2) is 24.7 Å². The maximum absolute atomic E-state index is 5.26. The molecule has 0 atom stereocenters. The summed E-state index contributed by atoms with van der Waals surface area (Å²) in [6.45, 7) is 2.69. The third kappa shape index (κ3) is 3.16. The molecule has 0 saturated carbocycles. The molecule has 0 spiro atoms. The fourth-order valence-corrected chi connectivity index (χ4v) is 2.13. The molecule has 0 amide bonds. The van der Waals surface area contributed by atoms with Gasteiger partial charge in [-0.1, -0.05) is 18.5 Å². The lowest BCUT2D eigenvalue weighted by Crippen LogP contribution is -2.03. The Morgan fingerprint density at radius 2 is 2.05 bits per heavy atom. The molecule has 0 aliphatic heterocycles. The Kier molecular flexibility index (Phi) is 4.04. The normalized spacial score (nSPS) is 10.9. The highest BCUT2D eigenvalue weighted by Crippen LogP contribution is 2.17. The molecule has 3 rings (SSSR count). The van der Waals surface area contributed by atoms with Crippen molar-refractivity contribution in [2.45, 2.75) is 32.7 Å². The first-order chi connectivity index (χ1) is 10.4. The van der Waals surface area contributed by atoms with Gasteiger partial charge in [0, 0.05) is 36.8 Å². The van der Waals surface area contributed by atoms with Gasteiger partial charge in [0.1, 0.15) is 5.82 Å². The Morgan fingerprint density at radius 3 is 2.86 bits per heavy atom. The van der Waals surface area contributed by atoms with E-state index in [1.54, 1.807) is 18.6 Å². The molecule has 0 saturated heterocycles. The summed E-state index contributed by atoms with van der Waals surface area (Å²) < 4.78 is 7.26. The highest BCUT2D eigenvalue weighted by Gasteiger charge is 2.10. The molecule has 6 heteroatoms. The van der Waals surface area contributed by atoms with E-state index in [9.17, 15) is 0 Å². The van der Waals surface area contributed by atoms with Crippen LogP contribution in [0.3, 0.4) is 0 Å². The van der Waals surface area contributed by atoms with Gasteiger partial charge in [-0.3, -0.25) is 4.98 Å². The van der Waals surface area contributed by atoms with Gasteiger partial charge in [0.2, 0.25) is 5.89 Å². The van der Waals surface area contributed by atoms with E-state index in [2.05, 4.69) is 27.0 Å². The molecule has 0 radical (unpaired) electrons. The number of nitrogens with zero attached hydrogens (tertiary/aromatic N) is 5. The van der Waals surface area contributed by atoms with Crippen LogP contribution in [0.25, 0.3) is 11.4 Å². The van der Waals surface area contributed by atoms with Crippen LogP contribution in [0.1, 0.15) is 31.5 Å². The van der Waals surface area contributed by atoms with Crippen LogP contribution in [0.5, 0.6) is 0 Å². The molecule has 0 aromatic carbocycles. The summed E-state index contributed by atoms with van der Waals surface area (Å²) in [6.07, 6.45) is 10.2. The Labute approximate surface area is 122 Å². The minimum Gasteiger partial charge on any atom is -0.339 e. The average Bonchev–Trinajstić information content (AvgIpc) is 3.16. The van der Waals surface area contributed by atoms with Crippen LogP contribution in [0.2, 0.25) is 0 Å². The zero-order valence-corrected chi connectivity index (χ0v) is 11.9. The average molecular weight is 283 g/mol. The topological polar surface area (TPSA) is 69.6 Å². The fourth-order valence-electron chi connectivity index (χ4n) is 2.13. The molecule has 3 aromatic heterocycles. The lowest BCUT2D eigenvalue weighted by Gasteiger charge is -2.04. The van der Waals surface area contributed by atoms with E-state index >= 15 is 0 Å². The van der Waals surface area contributed by atoms with Gasteiger partial charge in [-0.2, -0.15) is 4.98 Å². The number of rotatable bonds is 6. The summed E-state index contributed by atoms with van der Waals surface area (Å²) in [5.74, 6) is 2.25. The van der Waals surface area contributed by atoms with Crippen molar-refractivity contribution in [1.29, 1.82) is 0 Å². The van der Waals surface area contributed by atoms with E-state index in [-0.39, 0.29) is 0 Å². The summed E-state index contributed by atoms with van der Waals surface area (Å²) in [5, 5.41) is 4.03. The summed E-state index contributed by atoms with van der Waals surface area (Å²) in [6, 6.07) is 3.86. The Hall–Kier alpha value is -2.50. The van der Waals surface area contributed by atoms with E-state index in [0.717, 1.165) is 30.7 Å². The standard InChI is InChI=1S/C15H17N5O/c1-2-3-4-14-18-13(19-21-14)11-20-10-9-17-15(20)12-5-7-16-8-6-12/h5-10H,2-4,11H2,1H3. The summed E-state index contributed by atoms with van der Waals surface area (Å²) in [4.78, 5) is 12.8. The minimum atomic E-state index is 0.549. The van der Waals surface area contributed by atoms with Crippen molar-refractivity contribution in [3.8, 4) is 11.4 Å². The second kappa shape index (κ2) is 6.30. The number of imidazole rings is 1. The summed E-state index contributed by atoms with van der Waals surface area (Å²) >= 11 is 0. The van der Waals surface area contributed by atoms with Crippen molar-refractivity contribution in [2.75, 3.05) is 0 Å².